The molecule has 0 spiro atoms. The second-order valence-electron chi connectivity index (χ2n) is 9.82. The van der Waals surface area contributed by atoms with Crippen molar-refractivity contribution < 1.29 is 27.5 Å². The molecule has 0 saturated carbocycles. The van der Waals surface area contributed by atoms with Gasteiger partial charge in [-0.15, -0.1) is 0 Å². The van der Waals surface area contributed by atoms with E-state index in [-0.39, 0.29) is 24.6 Å². The normalized spacial score (nSPS) is 13.2. The van der Waals surface area contributed by atoms with Crippen molar-refractivity contribution in [1.82, 2.24) is 10.2 Å². The molecule has 0 aliphatic carbocycles. The number of nitrogens with one attached hydrogen (secondary N) is 1. The minimum absolute atomic E-state index is 0.118. The van der Waals surface area contributed by atoms with E-state index in [4.69, 9.17) is 32.7 Å². The predicted molar refractivity (Wildman–Crippen MR) is 164 cm³/mol. The van der Waals surface area contributed by atoms with E-state index in [1.165, 1.54) is 11.0 Å². The molecule has 1 unspecified atom stereocenters. The van der Waals surface area contributed by atoms with Gasteiger partial charge in [-0.1, -0.05) is 66.5 Å². The number of anilines is 1. The number of fused-ring (bicyclic) bond motifs is 1. The first-order valence-corrected chi connectivity index (χ1v) is 16.1. The molecular weight excluding hydrogens is 601 g/mol. The highest BCUT2D eigenvalue weighted by Crippen LogP contribution is 2.35. The monoisotopic (exact) mass is 633 g/mol. The van der Waals surface area contributed by atoms with Gasteiger partial charge in [-0.2, -0.15) is 0 Å². The highest BCUT2D eigenvalue weighted by atomic mass is 35.5. The lowest BCUT2D eigenvalue weighted by molar-refractivity contribution is -0.140. The van der Waals surface area contributed by atoms with Crippen LogP contribution < -0.4 is 19.1 Å². The third-order valence-corrected chi connectivity index (χ3v) is 8.55. The van der Waals surface area contributed by atoms with Gasteiger partial charge in [0.2, 0.25) is 21.8 Å². The van der Waals surface area contributed by atoms with Crippen LogP contribution in [0.3, 0.4) is 0 Å². The van der Waals surface area contributed by atoms with Crippen LogP contribution in [0.5, 0.6) is 11.5 Å². The SMILES string of the molecule is CCCNC(=O)C(Cc1ccccc1)N(Cc1c(Cl)cccc1Cl)C(=O)CN(c1ccc2c(c1)OCCO2)S(C)(=O)=O. The topological polar surface area (TPSA) is 105 Å². The number of nitrogens with zero attached hydrogens (tertiary/aromatic N) is 2. The summed E-state index contributed by atoms with van der Waals surface area (Å²) in [5.41, 5.74) is 1.49. The van der Waals surface area contributed by atoms with E-state index < -0.39 is 28.5 Å². The summed E-state index contributed by atoms with van der Waals surface area (Å²) in [4.78, 5) is 29.1. The second kappa shape index (κ2) is 14.1. The molecular formula is C30H33Cl2N3O6S. The van der Waals surface area contributed by atoms with E-state index in [9.17, 15) is 18.0 Å². The number of sulfonamides is 1. The fourth-order valence-electron chi connectivity index (χ4n) is 4.57. The average Bonchev–Trinajstić information content (AvgIpc) is 2.97. The van der Waals surface area contributed by atoms with Gasteiger partial charge >= 0.3 is 0 Å². The standard InChI is InChI=1S/C30H33Cl2N3O6S/c1-3-14-33-30(37)26(17-21-8-5-4-6-9-21)34(19-23-24(31)10-7-11-25(23)32)29(36)20-35(42(2,38)39)22-12-13-27-28(18-22)41-16-15-40-27/h4-13,18,26H,3,14-17,19-20H2,1-2H3,(H,33,37). The van der Waals surface area contributed by atoms with Crippen LogP contribution in [-0.4, -0.2) is 63.7 Å². The second-order valence-corrected chi connectivity index (χ2v) is 12.5. The number of carbonyl (C=O) groups is 2. The van der Waals surface area contributed by atoms with Gasteiger partial charge in [0.25, 0.3) is 0 Å². The van der Waals surface area contributed by atoms with Gasteiger partial charge in [-0.3, -0.25) is 13.9 Å². The molecule has 4 rings (SSSR count). The smallest absolute Gasteiger partial charge is 0.244 e. The molecule has 1 aliphatic heterocycles. The Kier molecular flexibility index (Phi) is 10.6. The third-order valence-electron chi connectivity index (χ3n) is 6.70. The molecule has 0 radical (unpaired) electrons. The molecule has 0 fully saturated rings. The number of rotatable bonds is 12. The molecule has 0 aromatic heterocycles. The summed E-state index contributed by atoms with van der Waals surface area (Å²) in [6.45, 7) is 2.33. The summed E-state index contributed by atoms with van der Waals surface area (Å²) in [6.07, 6.45) is 1.90. The van der Waals surface area contributed by atoms with Gasteiger partial charge in [0.05, 0.1) is 11.9 Å². The first-order valence-electron chi connectivity index (χ1n) is 13.5. The molecule has 9 nitrogen and oxygen atoms in total. The Labute approximate surface area is 256 Å². The van der Waals surface area contributed by atoms with Crippen LogP contribution >= 0.6 is 23.2 Å². The lowest BCUT2D eigenvalue weighted by Gasteiger charge is -2.34. The van der Waals surface area contributed by atoms with Gasteiger partial charge in [0, 0.05) is 41.2 Å². The van der Waals surface area contributed by atoms with E-state index in [0.717, 1.165) is 16.1 Å². The Bertz CT molecular complexity index is 1500. The molecule has 1 atom stereocenters. The Morgan fingerprint density at radius 1 is 0.952 bits per heavy atom. The molecule has 224 valence electrons. The summed E-state index contributed by atoms with van der Waals surface area (Å²) in [7, 11) is -3.94. The zero-order chi connectivity index (χ0) is 30.3. The van der Waals surface area contributed by atoms with Crippen molar-refractivity contribution >= 4 is 50.7 Å². The predicted octanol–water partition coefficient (Wildman–Crippen LogP) is 4.70. The van der Waals surface area contributed by atoms with E-state index >= 15 is 0 Å². The maximum absolute atomic E-state index is 14.2. The van der Waals surface area contributed by atoms with Gasteiger partial charge in [0.15, 0.2) is 11.5 Å². The minimum Gasteiger partial charge on any atom is -0.486 e. The highest BCUT2D eigenvalue weighted by Gasteiger charge is 2.34. The number of carbonyl (C=O) groups excluding carboxylic acids is 2. The van der Waals surface area contributed by atoms with Crippen molar-refractivity contribution in [2.45, 2.75) is 32.4 Å². The van der Waals surface area contributed by atoms with Crippen LogP contribution in [0.1, 0.15) is 24.5 Å². The Morgan fingerprint density at radius 2 is 1.62 bits per heavy atom. The van der Waals surface area contributed by atoms with E-state index in [1.54, 1.807) is 30.3 Å². The first-order chi connectivity index (χ1) is 20.1. The largest absolute Gasteiger partial charge is 0.486 e. The summed E-state index contributed by atoms with van der Waals surface area (Å²) < 4.78 is 38.2. The van der Waals surface area contributed by atoms with Crippen molar-refractivity contribution in [3.05, 3.63) is 87.9 Å². The van der Waals surface area contributed by atoms with Crippen molar-refractivity contribution in [3.63, 3.8) is 0 Å². The molecule has 2 amide bonds. The van der Waals surface area contributed by atoms with Gasteiger partial charge in [0.1, 0.15) is 25.8 Å². The maximum atomic E-state index is 14.2. The fraction of sp³-hybridized carbons (Fsp3) is 0.333. The Morgan fingerprint density at radius 3 is 2.26 bits per heavy atom. The van der Waals surface area contributed by atoms with Gasteiger partial charge < -0.3 is 19.7 Å². The molecule has 0 saturated heterocycles. The van der Waals surface area contributed by atoms with Crippen LogP contribution in [0.2, 0.25) is 10.0 Å². The number of amides is 2. The average molecular weight is 635 g/mol. The van der Waals surface area contributed by atoms with Gasteiger partial charge in [-0.05, 0) is 36.2 Å². The van der Waals surface area contributed by atoms with Crippen molar-refractivity contribution in [3.8, 4) is 11.5 Å². The Hall–Kier alpha value is -3.47. The van der Waals surface area contributed by atoms with Gasteiger partial charge in [-0.25, -0.2) is 8.42 Å². The van der Waals surface area contributed by atoms with E-state index in [2.05, 4.69) is 5.32 Å². The number of ether oxygens (including phenoxy) is 2. The van der Waals surface area contributed by atoms with Crippen LogP contribution in [0.4, 0.5) is 5.69 Å². The third kappa shape index (κ3) is 7.87. The van der Waals surface area contributed by atoms with Crippen LogP contribution in [0, 0.1) is 0 Å². The maximum Gasteiger partial charge on any atom is 0.244 e. The number of hydrogen-bond acceptors (Lipinski definition) is 6. The number of hydrogen-bond donors (Lipinski definition) is 1. The molecule has 3 aromatic rings. The van der Waals surface area contributed by atoms with E-state index in [1.807, 2.05) is 37.3 Å². The molecule has 12 heteroatoms. The first kappa shape index (κ1) is 31.5. The summed E-state index contributed by atoms with van der Waals surface area (Å²) in [5, 5.41) is 3.53. The zero-order valence-electron chi connectivity index (χ0n) is 23.4. The fourth-order valence-corrected chi connectivity index (χ4v) is 5.93. The lowest BCUT2D eigenvalue weighted by Crippen LogP contribution is -2.53. The van der Waals surface area contributed by atoms with Crippen molar-refractivity contribution in [2.24, 2.45) is 0 Å². The molecule has 1 aliphatic rings. The molecule has 3 aromatic carbocycles. The summed E-state index contributed by atoms with van der Waals surface area (Å²) >= 11 is 13.0. The summed E-state index contributed by atoms with van der Waals surface area (Å²) in [6, 6.07) is 17.9. The molecule has 42 heavy (non-hydrogen) atoms. The van der Waals surface area contributed by atoms with Crippen LogP contribution in [0.25, 0.3) is 0 Å². The lowest BCUT2D eigenvalue weighted by atomic mass is 10.0. The zero-order valence-corrected chi connectivity index (χ0v) is 25.7. The Balaban J connectivity index is 1.75. The molecule has 1 N–H and O–H groups in total. The quantitative estimate of drug-likeness (QED) is 0.310. The van der Waals surface area contributed by atoms with Crippen molar-refractivity contribution in [1.29, 1.82) is 0 Å². The van der Waals surface area contributed by atoms with E-state index in [0.29, 0.717) is 53.3 Å². The molecule has 0 bridgehead atoms. The molecule has 1 heterocycles. The minimum atomic E-state index is -3.94. The van der Waals surface area contributed by atoms with Crippen LogP contribution in [-0.2, 0) is 32.6 Å². The summed E-state index contributed by atoms with van der Waals surface area (Å²) in [5.74, 6) is -0.128. The van der Waals surface area contributed by atoms with Crippen LogP contribution in [0.15, 0.2) is 66.7 Å². The highest BCUT2D eigenvalue weighted by molar-refractivity contribution is 7.92. The number of benzene rings is 3. The van der Waals surface area contributed by atoms with Crippen molar-refractivity contribution in [2.75, 3.05) is 36.9 Å². The number of halogens is 2.